The molecular formula is C46H28O. The van der Waals surface area contributed by atoms with Gasteiger partial charge in [-0.3, -0.25) is 0 Å². The van der Waals surface area contributed by atoms with Gasteiger partial charge in [-0.05, 0) is 95.3 Å². The number of furan rings is 1. The van der Waals surface area contributed by atoms with Crippen LogP contribution in [-0.4, -0.2) is 0 Å². The van der Waals surface area contributed by atoms with E-state index in [9.17, 15) is 0 Å². The molecule has 0 bridgehead atoms. The number of rotatable bonds is 3. The van der Waals surface area contributed by atoms with Crippen molar-refractivity contribution in [2.75, 3.05) is 0 Å². The Balaban J connectivity index is 1.38. The first-order valence-electron chi connectivity index (χ1n) is 16.2. The molecule has 0 aliphatic carbocycles. The molecule has 1 nitrogen and oxygen atoms in total. The Morgan fingerprint density at radius 1 is 0.319 bits per heavy atom. The summed E-state index contributed by atoms with van der Waals surface area (Å²) in [5.41, 5.74) is 9.07. The highest BCUT2D eigenvalue weighted by Crippen LogP contribution is 2.49. The third kappa shape index (κ3) is 3.97. The summed E-state index contributed by atoms with van der Waals surface area (Å²) in [5, 5.41) is 12.1. The molecule has 0 unspecified atom stereocenters. The molecule has 0 amide bonds. The normalized spacial score (nSPS) is 11.8. The predicted octanol–water partition coefficient (Wildman–Crippen LogP) is 13.2. The number of hydrogen-bond donors (Lipinski definition) is 0. The van der Waals surface area contributed by atoms with E-state index in [1.165, 1.54) is 65.5 Å². The van der Waals surface area contributed by atoms with Gasteiger partial charge in [0.1, 0.15) is 11.2 Å². The number of hydrogen-bond acceptors (Lipinski definition) is 1. The van der Waals surface area contributed by atoms with Crippen molar-refractivity contribution in [1.82, 2.24) is 0 Å². The number of benzene rings is 9. The maximum absolute atomic E-state index is 6.85. The van der Waals surface area contributed by atoms with Crippen molar-refractivity contribution in [3.63, 3.8) is 0 Å². The van der Waals surface area contributed by atoms with Gasteiger partial charge < -0.3 is 4.42 Å². The van der Waals surface area contributed by atoms with Crippen LogP contribution in [0.1, 0.15) is 0 Å². The second-order valence-electron chi connectivity index (χ2n) is 12.4. The van der Waals surface area contributed by atoms with Gasteiger partial charge in [0.15, 0.2) is 0 Å². The maximum atomic E-state index is 6.85. The van der Waals surface area contributed by atoms with Crippen molar-refractivity contribution in [2.45, 2.75) is 0 Å². The molecule has 1 heterocycles. The molecule has 0 aliphatic heterocycles. The highest BCUT2D eigenvalue weighted by Gasteiger charge is 2.22. The topological polar surface area (TPSA) is 13.1 Å². The van der Waals surface area contributed by atoms with E-state index in [-0.39, 0.29) is 0 Å². The Hall–Kier alpha value is -6.18. The Morgan fingerprint density at radius 3 is 1.62 bits per heavy atom. The molecule has 0 saturated heterocycles. The first-order valence-corrected chi connectivity index (χ1v) is 16.2. The molecule has 218 valence electrons. The van der Waals surface area contributed by atoms with E-state index in [2.05, 4.69) is 170 Å². The van der Waals surface area contributed by atoms with Gasteiger partial charge in [-0.25, -0.2) is 0 Å². The minimum atomic E-state index is 0.902. The van der Waals surface area contributed by atoms with E-state index in [1.807, 2.05) is 0 Å². The van der Waals surface area contributed by atoms with Crippen LogP contribution in [0, 0.1) is 0 Å². The molecule has 0 spiro atoms. The zero-order valence-electron chi connectivity index (χ0n) is 25.6. The van der Waals surface area contributed by atoms with Gasteiger partial charge in [0.2, 0.25) is 0 Å². The van der Waals surface area contributed by atoms with E-state index in [1.54, 1.807) is 0 Å². The lowest BCUT2D eigenvalue weighted by molar-refractivity contribution is 0.673. The van der Waals surface area contributed by atoms with E-state index in [4.69, 9.17) is 4.42 Å². The highest BCUT2D eigenvalue weighted by molar-refractivity contribution is 6.27. The molecule has 10 aromatic rings. The average Bonchev–Trinajstić information content (AvgIpc) is 3.53. The van der Waals surface area contributed by atoms with Gasteiger partial charge in [-0.1, -0.05) is 146 Å². The molecule has 1 heteroatoms. The summed E-state index contributed by atoms with van der Waals surface area (Å²) in [6, 6.07) is 61.5. The third-order valence-corrected chi connectivity index (χ3v) is 9.81. The molecule has 47 heavy (non-hydrogen) atoms. The van der Waals surface area contributed by atoms with Gasteiger partial charge >= 0.3 is 0 Å². The summed E-state index contributed by atoms with van der Waals surface area (Å²) in [4.78, 5) is 0. The van der Waals surface area contributed by atoms with Crippen molar-refractivity contribution >= 4 is 65.0 Å². The Kier molecular flexibility index (Phi) is 5.64. The smallest absolute Gasteiger partial charge is 0.143 e. The summed E-state index contributed by atoms with van der Waals surface area (Å²) >= 11 is 0. The molecule has 0 aliphatic rings. The van der Waals surface area contributed by atoms with Gasteiger partial charge in [-0.2, -0.15) is 0 Å². The lowest BCUT2D eigenvalue weighted by Gasteiger charge is -2.19. The molecule has 0 fully saturated rings. The standard InChI is InChI=1S/C46H28O/c1-2-12-29(13-3-1)34-27-41(45-40-25-24-31-15-6-7-17-35(31)46(40)47-42(45)28-34)44-38-20-10-8-18-36(38)43(37-19-9-11-21-39(37)44)33-23-22-30-14-4-5-16-32(30)26-33/h1-28H. The van der Waals surface area contributed by atoms with Crippen LogP contribution in [0.5, 0.6) is 0 Å². The van der Waals surface area contributed by atoms with Gasteiger partial charge in [-0.15, -0.1) is 0 Å². The van der Waals surface area contributed by atoms with Gasteiger partial charge in [0.25, 0.3) is 0 Å². The quantitative estimate of drug-likeness (QED) is 0.185. The Bertz CT molecular complexity index is 2780. The molecule has 1 aromatic heterocycles. The van der Waals surface area contributed by atoms with E-state index in [0.29, 0.717) is 0 Å². The molecule has 0 radical (unpaired) electrons. The molecule has 0 N–H and O–H groups in total. The van der Waals surface area contributed by atoms with Crippen LogP contribution in [0.4, 0.5) is 0 Å². The van der Waals surface area contributed by atoms with E-state index < -0.39 is 0 Å². The first-order chi connectivity index (χ1) is 23.3. The van der Waals surface area contributed by atoms with Crippen LogP contribution >= 0.6 is 0 Å². The SMILES string of the molecule is c1ccc(-c2cc(-c3c4ccccc4c(-c4ccc5ccccc5c4)c4ccccc34)c3c(c2)oc2c4ccccc4ccc23)cc1. The fraction of sp³-hybridized carbons (Fsp3) is 0. The van der Waals surface area contributed by atoms with Crippen molar-refractivity contribution in [3.05, 3.63) is 170 Å². The summed E-state index contributed by atoms with van der Waals surface area (Å²) in [5.74, 6) is 0. The highest BCUT2D eigenvalue weighted by atomic mass is 16.3. The summed E-state index contributed by atoms with van der Waals surface area (Å²) in [6.07, 6.45) is 0. The van der Waals surface area contributed by atoms with Crippen molar-refractivity contribution < 1.29 is 4.42 Å². The van der Waals surface area contributed by atoms with E-state index >= 15 is 0 Å². The predicted molar refractivity (Wildman–Crippen MR) is 200 cm³/mol. The summed E-state index contributed by atoms with van der Waals surface area (Å²) in [7, 11) is 0. The second-order valence-corrected chi connectivity index (χ2v) is 12.4. The van der Waals surface area contributed by atoms with Gasteiger partial charge in [0.05, 0.1) is 0 Å². The van der Waals surface area contributed by atoms with Crippen LogP contribution in [0.25, 0.3) is 98.4 Å². The summed E-state index contributed by atoms with van der Waals surface area (Å²) in [6.45, 7) is 0. The van der Waals surface area contributed by atoms with Crippen molar-refractivity contribution in [1.29, 1.82) is 0 Å². The average molecular weight is 597 g/mol. The maximum Gasteiger partial charge on any atom is 0.143 e. The Morgan fingerprint density at radius 2 is 0.894 bits per heavy atom. The third-order valence-electron chi connectivity index (χ3n) is 9.81. The molecule has 9 aromatic carbocycles. The Labute approximate surface area is 271 Å². The zero-order chi connectivity index (χ0) is 30.9. The van der Waals surface area contributed by atoms with Gasteiger partial charge in [0, 0.05) is 16.2 Å². The minimum Gasteiger partial charge on any atom is -0.455 e. The van der Waals surface area contributed by atoms with Crippen molar-refractivity contribution in [2.24, 2.45) is 0 Å². The molecule has 10 rings (SSSR count). The fourth-order valence-electron chi connectivity index (χ4n) is 7.70. The molecular weight excluding hydrogens is 569 g/mol. The largest absolute Gasteiger partial charge is 0.455 e. The van der Waals surface area contributed by atoms with Crippen LogP contribution in [-0.2, 0) is 0 Å². The molecule has 0 saturated carbocycles. The van der Waals surface area contributed by atoms with Crippen LogP contribution in [0.15, 0.2) is 174 Å². The molecule has 0 atom stereocenters. The summed E-state index contributed by atoms with van der Waals surface area (Å²) < 4.78 is 6.85. The van der Waals surface area contributed by atoms with E-state index in [0.717, 1.165) is 32.9 Å². The monoisotopic (exact) mass is 596 g/mol. The van der Waals surface area contributed by atoms with Crippen LogP contribution in [0.2, 0.25) is 0 Å². The first kappa shape index (κ1) is 26.1. The minimum absolute atomic E-state index is 0.902. The van der Waals surface area contributed by atoms with Crippen LogP contribution < -0.4 is 0 Å². The fourth-order valence-corrected chi connectivity index (χ4v) is 7.70. The second kappa shape index (κ2) is 10.2. The zero-order valence-corrected chi connectivity index (χ0v) is 25.6. The lowest BCUT2D eigenvalue weighted by atomic mass is 9.84. The number of fused-ring (bicyclic) bond motifs is 8. The van der Waals surface area contributed by atoms with Crippen molar-refractivity contribution in [3.8, 4) is 33.4 Å². The lowest BCUT2D eigenvalue weighted by Crippen LogP contribution is -1.92. The van der Waals surface area contributed by atoms with Crippen LogP contribution in [0.3, 0.4) is 0 Å².